The molecule has 2 fully saturated rings. The van der Waals surface area contributed by atoms with Crippen LogP contribution in [0.3, 0.4) is 0 Å². The number of piperidine rings is 1. The number of likely N-dealkylation sites (N-methyl/N-ethyl adjacent to an activating group) is 1. The highest BCUT2D eigenvalue weighted by atomic mass is 16.2. The van der Waals surface area contributed by atoms with Gasteiger partial charge in [0, 0.05) is 62.5 Å². The highest BCUT2D eigenvalue weighted by molar-refractivity contribution is 5.98. The van der Waals surface area contributed by atoms with Crippen molar-refractivity contribution in [2.45, 2.75) is 38.3 Å². The summed E-state index contributed by atoms with van der Waals surface area (Å²) in [5.74, 6) is 1.44. The molecule has 40 heavy (non-hydrogen) atoms. The van der Waals surface area contributed by atoms with Crippen molar-refractivity contribution in [3.05, 3.63) is 60.3 Å². The smallest absolute Gasteiger partial charge is 0.254 e. The Hall–Kier alpha value is -3.98. The molecule has 208 valence electrons. The third-order valence-electron chi connectivity index (χ3n) is 7.94. The van der Waals surface area contributed by atoms with Crippen molar-refractivity contribution in [1.29, 1.82) is 0 Å². The number of nitrogens with zero attached hydrogens (tertiary/aromatic N) is 6. The summed E-state index contributed by atoms with van der Waals surface area (Å²) in [7, 11) is 5.95. The Morgan fingerprint density at radius 3 is 2.80 bits per heavy atom. The molecule has 1 aliphatic carbocycles. The van der Waals surface area contributed by atoms with Gasteiger partial charge in [-0.25, -0.2) is 9.97 Å². The molecule has 4 aromatic rings. The topological polar surface area (TPSA) is 88.3 Å². The van der Waals surface area contributed by atoms with E-state index in [0.29, 0.717) is 31.1 Å². The summed E-state index contributed by atoms with van der Waals surface area (Å²) in [4.78, 5) is 39.4. The molecule has 2 amide bonds. The first kappa shape index (κ1) is 26.3. The fraction of sp³-hybridized carbons (Fsp3) is 0.419. The molecule has 6 rings (SSSR count). The third kappa shape index (κ3) is 5.38. The zero-order valence-corrected chi connectivity index (χ0v) is 23.5. The monoisotopic (exact) mass is 539 g/mol. The van der Waals surface area contributed by atoms with Crippen LogP contribution in [-0.2, 0) is 18.4 Å². The van der Waals surface area contributed by atoms with Gasteiger partial charge in [0.2, 0.25) is 5.91 Å². The predicted molar refractivity (Wildman–Crippen MR) is 157 cm³/mol. The number of carbonyl (C=O) groups excluding carboxylic acids is 2. The van der Waals surface area contributed by atoms with Crippen molar-refractivity contribution in [1.82, 2.24) is 34.2 Å². The van der Waals surface area contributed by atoms with Gasteiger partial charge in [0.05, 0.1) is 16.7 Å². The first-order chi connectivity index (χ1) is 19.4. The number of aromatic nitrogens is 4. The molecule has 1 aromatic carbocycles. The average molecular weight is 540 g/mol. The maximum absolute atomic E-state index is 13.5. The molecule has 1 saturated carbocycles. The van der Waals surface area contributed by atoms with Crippen LogP contribution in [0.25, 0.3) is 33.6 Å². The minimum atomic E-state index is -0.113. The molecular formula is C31H37N7O2. The second kappa shape index (κ2) is 10.9. The quantitative estimate of drug-likeness (QED) is 0.344. The van der Waals surface area contributed by atoms with Crippen molar-refractivity contribution in [3.8, 4) is 11.5 Å². The van der Waals surface area contributed by atoms with Crippen LogP contribution in [-0.4, -0.2) is 80.5 Å². The van der Waals surface area contributed by atoms with E-state index in [1.54, 1.807) is 6.08 Å². The van der Waals surface area contributed by atoms with E-state index in [0.717, 1.165) is 53.0 Å². The number of benzene rings is 1. The minimum Gasteiger partial charge on any atom is -0.348 e. The van der Waals surface area contributed by atoms with Crippen molar-refractivity contribution < 1.29 is 9.59 Å². The summed E-state index contributed by atoms with van der Waals surface area (Å²) in [5.41, 5.74) is 4.45. The number of aryl methyl sites for hydroxylation is 1. The molecule has 0 spiro atoms. The van der Waals surface area contributed by atoms with Gasteiger partial charge >= 0.3 is 0 Å². The van der Waals surface area contributed by atoms with E-state index >= 15 is 0 Å². The van der Waals surface area contributed by atoms with Gasteiger partial charge < -0.3 is 24.3 Å². The van der Waals surface area contributed by atoms with Crippen LogP contribution >= 0.6 is 0 Å². The van der Waals surface area contributed by atoms with Crippen LogP contribution in [0, 0.1) is 5.92 Å². The summed E-state index contributed by atoms with van der Waals surface area (Å²) in [6, 6.07) is 12.0. The summed E-state index contributed by atoms with van der Waals surface area (Å²) >= 11 is 0. The van der Waals surface area contributed by atoms with Gasteiger partial charge in [-0.15, -0.1) is 0 Å². The third-order valence-corrected chi connectivity index (χ3v) is 7.94. The van der Waals surface area contributed by atoms with Gasteiger partial charge in [-0.1, -0.05) is 6.08 Å². The molecule has 9 nitrogen and oxygen atoms in total. The van der Waals surface area contributed by atoms with E-state index < -0.39 is 0 Å². The average Bonchev–Trinajstić information content (AvgIpc) is 3.61. The Kier molecular flexibility index (Phi) is 7.14. The lowest BCUT2D eigenvalue weighted by molar-refractivity contribution is -0.117. The Bertz CT molecular complexity index is 1590. The summed E-state index contributed by atoms with van der Waals surface area (Å²) in [6.45, 7) is 2.84. The molecule has 1 N–H and O–H groups in total. The first-order valence-electron chi connectivity index (χ1n) is 14.2. The number of hydrogen-bond acceptors (Lipinski definition) is 5. The van der Waals surface area contributed by atoms with Crippen LogP contribution in [0.1, 0.15) is 36.0 Å². The molecule has 1 aliphatic heterocycles. The lowest BCUT2D eigenvalue weighted by Gasteiger charge is -2.33. The second-order valence-corrected chi connectivity index (χ2v) is 11.5. The fourth-order valence-corrected chi connectivity index (χ4v) is 5.66. The first-order valence-corrected chi connectivity index (χ1v) is 14.2. The van der Waals surface area contributed by atoms with Crippen molar-refractivity contribution in [2.24, 2.45) is 13.0 Å². The number of imidazole rings is 1. The molecule has 1 atom stereocenters. The molecule has 0 radical (unpaired) electrons. The Balaban J connectivity index is 1.22. The molecule has 2 aliphatic rings. The number of hydrogen-bond donors (Lipinski definition) is 1. The van der Waals surface area contributed by atoms with Crippen molar-refractivity contribution in [2.75, 3.05) is 33.7 Å². The maximum Gasteiger partial charge on any atom is 0.254 e. The van der Waals surface area contributed by atoms with E-state index in [2.05, 4.69) is 31.6 Å². The van der Waals surface area contributed by atoms with Gasteiger partial charge in [-0.3, -0.25) is 9.59 Å². The number of rotatable bonds is 8. The van der Waals surface area contributed by atoms with Gasteiger partial charge in [0.25, 0.3) is 5.91 Å². The molecule has 4 heterocycles. The van der Waals surface area contributed by atoms with Crippen LogP contribution < -0.4 is 5.32 Å². The van der Waals surface area contributed by atoms with Crippen LogP contribution in [0.4, 0.5) is 0 Å². The van der Waals surface area contributed by atoms with E-state index in [4.69, 9.17) is 4.98 Å². The maximum atomic E-state index is 13.5. The highest BCUT2D eigenvalue weighted by Crippen LogP contribution is 2.36. The van der Waals surface area contributed by atoms with Gasteiger partial charge in [0.15, 0.2) is 5.82 Å². The zero-order valence-electron chi connectivity index (χ0n) is 23.5. The second-order valence-electron chi connectivity index (χ2n) is 11.5. The number of amides is 2. The minimum absolute atomic E-state index is 0.0248. The standard InChI is InChI=1S/C31H37N7O2/c1-35(2)15-6-9-28(39)33-24-8-5-16-37(20-24)31(40)23-12-13-26-25(17-23)34-30(36(26)3)27-18-22-7-4-14-32-29(22)38(27)19-21-10-11-21/h4,6-7,9,12-14,17-18,21,24H,5,8,10-11,15-16,19-20H2,1-3H3,(H,33,39)/b9-6+/t24-/m1/s1. The predicted octanol–water partition coefficient (Wildman–Crippen LogP) is 3.84. The normalized spacial score (nSPS) is 17.9. The van der Waals surface area contributed by atoms with E-state index in [9.17, 15) is 9.59 Å². The number of likely N-dealkylation sites (tertiary alicyclic amines) is 1. The zero-order chi connectivity index (χ0) is 27.8. The molecule has 9 heteroatoms. The summed E-state index contributed by atoms with van der Waals surface area (Å²) in [5, 5.41) is 4.17. The lowest BCUT2D eigenvalue weighted by Crippen LogP contribution is -2.49. The van der Waals surface area contributed by atoms with Gasteiger partial charge in [0.1, 0.15) is 5.65 Å². The fourth-order valence-electron chi connectivity index (χ4n) is 5.66. The molecular weight excluding hydrogens is 502 g/mol. The molecule has 3 aromatic heterocycles. The number of nitrogens with one attached hydrogen (secondary N) is 1. The lowest BCUT2D eigenvalue weighted by atomic mass is 10.0. The Morgan fingerprint density at radius 1 is 1.15 bits per heavy atom. The van der Waals surface area contributed by atoms with Crippen molar-refractivity contribution >= 4 is 33.9 Å². The number of fused-ring (bicyclic) bond motifs is 2. The molecule has 0 unspecified atom stereocenters. The van der Waals surface area contributed by atoms with E-state index in [1.807, 2.05) is 67.5 Å². The molecule has 1 saturated heterocycles. The Labute approximate surface area is 234 Å². The molecule has 0 bridgehead atoms. The summed E-state index contributed by atoms with van der Waals surface area (Å²) in [6.07, 6.45) is 9.51. The largest absolute Gasteiger partial charge is 0.348 e. The summed E-state index contributed by atoms with van der Waals surface area (Å²) < 4.78 is 4.41. The van der Waals surface area contributed by atoms with Gasteiger partial charge in [-0.2, -0.15) is 0 Å². The van der Waals surface area contributed by atoms with Crippen LogP contribution in [0.2, 0.25) is 0 Å². The Morgan fingerprint density at radius 2 is 2.00 bits per heavy atom. The highest BCUT2D eigenvalue weighted by Gasteiger charge is 2.27. The van der Waals surface area contributed by atoms with E-state index in [-0.39, 0.29) is 17.9 Å². The van der Waals surface area contributed by atoms with E-state index in [1.165, 1.54) is 12.8 Å². The number of pyridine rings is 1. The SMILES string of the molecule is CN(C)C/C=C/C(=O)N[C@@H]1CCCN(C(=O)c2ccc3c(c2)nc(-c2cc4cccnc4n2CC2CC2)n3C)C1. The number of carbonyl (C=O) groups is 2. The van der Waals surface area contributed by atoms with Crippen LogP contribution in [0.15, 0.2) is 54.7 Å². The van der Waals surface area contributed by atoms with Crippen molar-refractivity contribution in [3.63, 3.8) is 0 Å². The van der Waals surface area contributed by atoms with Crippen LogP contribution in [0.5, 0.6) is 0 Å². The van der Waals surface area contributed by atoms with Gasteiger partial charge in [-0.05, 0) is 82.1 Å².